The number of aromatic amines is 1. The van der Waals surface area contributed by atoms with Gasteiger partial charge in [0.2, 0.25) is 0 Å². The fraction of sp³-hybridized carbons (Fsp3) is 0.600. The van der Waals surface area contributed by atoms with E-state index in [9.17, 15) is 28.6 Å². The molecule has 20 heavy (non-hydrogen) atoms. The molecule has 0 bridgehead atoms. The van der Waals surface area contributed by atoms with Crippen LogP contribution in [0.25, 0.3) is 0 Å². The highest BCUT2D eigenvalue weighted by Crippen LogP contribution is 2.44. The van der Waals surface area contributed by atoms with Crippen molar-refractivity contribution < 1.29 is 28.8 Å². The molecule has 2 rings (SSSR count). The molecule has 1 aliphatic heterocycles. The maximum Gasteiger partial charge on any atom is 0.330 e. The monoisotopic (exact) mass is 294 g/mol. The molecule has 0 amide bonds. The summed E-state index contributed by atoms with van der Waals surface area (Å²) in [6.45, 7) is -3.00. The lowest BCUT2D eigenvalue weighted by Gasteiger charge is -2.28. The Kier molecular flexibility index (Phi) is 3.50. The number of aromatic nitrogens is 2. The molecular formula is C10H12F2N2O6. The SMILES string of the molecule is O=c1ccn(C2OC(F)(CO)C(O)C2(O)CF)c(=O)[nH]1. The number of alkyl halides is 2. The normalized spacial score (nSPS) is 37.2. The van der Waals surface area contributed by atoms with E-state index in [1.165, 1.54) is 0 Å². The molecule has 1 aromatic rings. The van der Waals surface area contributed by atoms with Crippen LogP contribution in [0.1, 0.15) is 6.23 Å². The number of hydrogen-bond acceptors (Lipinski definition) is 6. The highest BCUT2D eigenvalue weighted by atomic mass is 19.2. The number of H-pyrrole nitrogens is 1. The molecule has 10 heteroatoms. The highest BCUT2D eigenvalue weighted by molar-refractivity contribution is 5.06. The van der Waals surface area contributed by atoms with E-state index >= 15 is 0 Å². The van der Waals surface area contributed by atoms with Crippen LogP contribution in [0.4, 0.5) is 8.78 Å². The van der Waals surface area contributed by atoms with Gasteiger partial charge in [-0.05, 0) is 0 Å². The van der Waals surface area contributed by atoms with E-state index in [0.717, 1.165) is 12.3 Å². The summed E-state index contributed by atoms with van der Waals surface area (Å²) in [5.74, 6) is -3.14. The quantitative estimate of drug-likeness (QED) is 0.501. The van der Waals surface area contributed by atoms with Gasteiger partial charge >= 0.3 is 5.69 Å². The van der Waals surface area contributed by atoms with Crippen molar-refractivity contribution in [1.29, 1.82) is 0 Å². The minimum atomic E-state index is -3.14. The van der Waals surface area contributed by atoms with Crippen molar-refractivity contribution >= 4 is 0 Å². The summed E-state index contributed by atoms with van der Waals surface area (Å²) in [5, 5.41) is 28.5. The van der Waals surface area contributed by atoms with Gasteiger partial charge in [-0.25, -0.2) is 13.6 Å². The molecule has 0 aromatic carbocycles. The smallest absolute Gasteiger partial charge is 0.330 e. The molecule has 0 radical (unpaired) electrons. The Morgan fingerprint density at radius 2 is 2.15 bits per heavy atom. The molecule has 1 saturated heterocycles. The lowest BCUT2D eigenvalue weighted by Crippen LogP contribution is -2.53. The summed E-state index contributed by atoms with van der Waals surface area (Å²) in [4.78, 5) is 24.3. The van der Waals surface area contributed by atoms with Gasteiger partial charge in [0.1, 0.15) is 13.3 Å². The van der Waals surface area contributed by atoms with Crippen LogP contribution in [0.2, 0.25) is 0 Å². The number of aliphatic hydroxyl groups is 3. The van der Waals surface area contributed by atoms with Crippen molar-refractivity contribution in [3.63, 3.8) is 0 Å². The van der Waals surface area contributed by atoms with Crippen LogP contribution < -0.4 is 11.2 Å². The summed E-state index contributed by atoms with van der Waals surface area (Å²) in [7, 11) is 0. The van der Waals surface area contributed by atoms with Crippen molar-refractivity contribution in [1.82, 2.24) is 9.55 Å². The fourth-order valence-corrected chi connectivity index (χ4v) is 2.03. The number of nitrogens with one attached hydrogen (secondary N) is 1. The van der Waals surface area contributed by atoms with E-state index in [2.05, 4.69) is 4.74 Å². The molecule has 0 aliphatic carbocycles. The van der Waals surface area contributed by atoms with E-state index in [1.54, 1.807) is 0 Å². The van der Waals surface area contributed by atoms with Crippen LogP contribution in [-0.2, 0) is 4.74 Å². The Hall–Kier alpha value is -1.62. The Morgan fingerprint density at radius 3 is 2.65 bits per heavy atom. The first-order valence-corrected chi connectivity index (χ1v) is 5.54. The minimum Gasteiger partial charge on any atom is -0.390 e. The van der Waals surface area contributed by atoms with Gasteiger partial charge in [-0.15, -0.1) is 0 Å². The van der Waals surface area contributed by atoms with Gasteiger partial charge < -0.3 is 20.1 Å². The largest absolute Gasteiger partial charge is 0.390 e. The summed E-state index contributed by atoms with van der Waals surface area (Å²) in [6.07, 6.45) is -3.53. The number of hydrogen-bond donors (Lipinski definition) is 4. The summed E-state index contributed by atoms with van der Waals surface area (Å²) < 4.78 is 32.2. The third-order valence-corrected chi connectivity index (χ3v) is 3.15. The third kappa shape index (κ3) is 1.97. The zero-order chi connectivity index (χ0) is 15.1. The predicted molar refractivity (Wildman–Crippen MR) is 59.3 cm³/mol. The second kappa shape index (κ2) is 4.74. The zero-order valence-electron chi connectivity index (χ0n) is 9.99. The Bertz CT molecular complexity index is 618. The first kappa shape index (κ1) is 14.8. The van der Waals surface area contributed by atoms with Crippen molar-refractivity contribution in [2.24, 2.45) is 0 Å². The minimum absolute atomic E-state index is 0.515. The summed E-state index contributed by atoms with van der Waals surface area (Å²) in [6, 6.07) is 0.868. The fourth-order valence-electron chi connectivity index (χ4n) is 2.03. The molecule has 0 spiro atoms. The van der Waals surface area contributed by atoms with Gasteiger partial charge in [-0.2, -0.15) is 0 Å². The summed E-state index contributed by atoms with van der Waals surface area (Å²) in [5.41, 5.74) is -4.65. The van der Waals surface area contributed by atoms with Crippen LogP contribution in [0, 0.1) is 0 Å². The van der Waals surface area contributed by atoms with E-state index < -0.39 is 48.3 Å². The standard InChI is InChI=1S/C10H12F2N2O6/c11-3-9(19)6(17)10(12,4-15)20-7(9)14-2-1-5(16)13-8(14)18/h1-2,6-7,15,17,19H,3-4H2,(H,13,16,18). The topological polar surface area (TPSA) is 125 Å². The maximum atomic E-state index is 14.0. The third-order valence-electron chi connectivity index (χ3n) is 3.15. The highest BCUT2D eigenvalue weighted by Gasteiger charge is 2.65. The molecule has 1 fully saturated rings. The average Bonchev–Trinajstić information content (AvgIpc) is 2.62. The lowest BCUT2D eigenvalue weighted by molar-refractivity contribution is -0.207. The van der Waals surface area contributed by atoms with Gasteiger partial charge in [-0.1, -0.05) is 0 Å². The van der Waals surface area contributed by atoms with Gasteiger partial charge in [0.15, 0.2) is 17.9 Å². The van der Waals surface area contributed by atoms with Crippen LogP contribution >= 0.6 is 0 Å². The van der Waals surface area contributed by atoms with E-state index in [4.69, 9.17) is 5.11 Å². The zero-order valence-corrected chi connectivity index (χ0v) is 9.99. The van der Waals surface area contributed by atoms with E-state index in [0.29, 0.717) is 4.57 Å². The Labute approximate surface area is 109 Å². The first-order valence-electron chi connectivity index (χ1n) is 5.54. The molecule has 8 nitrogen and oxygen atoms in total. The van der Waals surface area contributed by atoms with Crippen molar-refractivity contribution in [3.8, 4) is 0 Å². The number of ether oxygens (including phenoxy) is 1. The van der Waals surface area contributed by atoms with Gasteiger partial charge in [0.25, 0.3) is 11.4 Å². The van der Waals surface area contributed by atoms with E-state index in [1.807, 2.05) is 4.98 Å². The second-order valence-electron chi connectivity index (χ2n) is 4.46. The van der Waals surface area contributed by atoms with Crippen molar-refractivity contribution in [3.05, 3.63) is 33.1 Å². The van der Waals surface area contributed by atoms with Crippen molar-refractivity contribution in [2.45, 2.75) is 23.8 Å². The van der Waals surface area contributed by atoms with Crippen LogP contribution in [0.15, 0.2) is 21.9 Å². The summed E-state index contributed by atoms with van der Waals surface area (Å²) >= 11 is 0. The Balaban J connectivity index is 2.55. The van der Waals surface area contributed by atoms with Crippen LogP contribution in [0.3, 0.4) is 0 Å². The molecule has 4 unspecified atom stereocenters. The molecular weight excluding hydrogens is 282 g/mol. The van der Waals surface area contributed by atoms with Crippen LogP contribution in [-0.4, -0.2) is 55.7 Å². The number of nitrogens with zero attached hydrogens (tertiary/aromatic N) is 1. The Morgan fingerprint density at radius 1 is 1.50 bits per heavy atom. The molecule has 112 valence electrons. The first-order chi connectivity index (χ1) is 9.28. The van der Waals surface area contributed by atoms with Gasteiger partial charge in [0.05, 0.1) is 0 Å². The molecule has 4 atom stereocenters. The van der Waals surface area contributed by atoms with Gasteiger partial charge in [0, 0.05) is 12.3 Å². The van der Waals surface area contributed by atoms with E-state index in [-0.39, 0.29) is 0 Å². The van der Waals surface area contributed by atoms with Crippen molar-refractivity contribution in [2.75, 3.05) is 13.3 Å². The van der Waals surface area contributed by atoms with Crippen LogP contribution in [0.5, 0.6) is 0 Å². The molecule has 2 heterocycles. The second-order valence-corrected chi connectivity index (χ2v) is 4.46. The number of halogens is 2. The lowest BCUT2D eigenvalue weighted by atomic mass is 9.94. The predicted octanol–water partition coefficient (Wildman–Crippen LogP) is -2.21. The number of rotatable bonds is 3. The molecule has 0 saturated carbocycles. The molecule has 1 aliphatic rings. The average molecular weight is 294 g/mol. The molecule has 4 N–H and O–H groups in total. The number of aliphatic hydroxyl groups excluding tert-OH is 2. The maximum absolute atomic E-state index is 14.0. The molecule has 1 aromatic heterocycles. The van der Waals surface area contributed by atoms with Gasteiger partial charge in [-0.3, -0.25) is 14.3 Å².